The van der Waals surface area contributed by atoms with Gasteiger partial charge in [0, 0.05) is 13.0 Å². The molecule has 1 aromatic carbocycles. The maximum absolute atomic E-state index is 13.3. The van der Waals surface area contributed by atoms with Gasteiger partial charge in [-0.2, -0.15) is 10.2 Å². The number of carbonyl (C=O) groups is 1. The lowest BCUT2D eigenvalue weighted by atomic mass is 10.1. The summed E-state index contributed by atoms with van der Waals surface area (Å²) < 4.78 is 15.0. The van der Waals surface area contributed by atoms with Gasteiger partial charge in [0.25, 0.3) is 0 Å². The Hall–Kier alpha value is -2.70. The van der Waals surface area contributed by atoms with E-state index in [2.05, 4.69) is 20.6 Å². The van der Waals surface area contributed by atoms with Crippen molar-refractivity contribution in [2.24, 2.45) is 13.0 Å². The summed E-state index contributed by atoms with van der Waals surface area (Å²) in [4.78, 5) is 12.4. The van der Waals surface area contributed by atoms with Gasteiger partial charge in [-0.1, -0.05) is 12.1 Å². The lowest BCUT2D eigenvalue weighted by Crippen LogP contribution is -2.15. The molecule has 0 bridgehead atoms. The van der Waals surface area contributed by atoms with Gasteiger partial charge < -0.3 is 5.32 Å². The highest BCUT2D eigenvalue weighted by Crippen LogP contribution is 2.48. The smallest absolute Gasteiger partial charge is 0.229 e. The molecular formula is C16H16FN5O. The maximum Gasteiger partial charge on any atom is 0.229 e. The molecule has 0 saturated heterocycles. The molecule has 0 aliphatic heterocycles. The number of hydrogen-bond acceptors (Lipinski definition) is 3. The Balaban J connectivity index is 1.52. The van der Waals surface area contributed by atoms with Crippen LogP contribution in [0.5, 0.6) is 0 Å². The summed E-state index contributed by atoms with van der Waals surface area (Å²) in [6, 6.07) is 6.45. The molecule has 6 nitrogen and oxygen atoms in total. The van der Waals surface area contributed by atoms with Crippen LogP contribution in [0.1, 0.15) is 23.6 Å². The maximum atomic E-state index is 13.3. The van der Waals surface area contributed by atoms with Crippen molar-refractivity contribution in [3.8, 4) is 0 Å². The normalized spacial score (nSPS) is 20.0. The van der Waals surface area contributed by atoms with Crippen LogP contribution in [0.25, 0.3) is 11.0 Å². The van der Waals surface area contributed by atoms with Crippen molar-refractivity contribution in [1.82, 2.24) is 20.0 Å². The topological polar surface area (TPSA) is 75.6 Å². The zero-order valence-electron chi connectivity index (χ0n) is 12.8. The van der Waals surface area contributed by atoms with Crippen LogP contribution < -0.4 is 5.32 Å². The number of anilines is 1. The van der Waals surface area contributed by atoms with Crippen LogP contribution in [0.4, 0.5) is 10.2 Å². The monoisotopic (exact) mass is 313 g/mol. The molecule has 3 aromatic rings. The molecule has 0 spiro atoms. The van der Waals surface area contributed by atoms with Gasteiger partial charge in [-0.3, -0.25) is 9.89 Å². The first-order valence-corrected chi connectivity index (χ1v) is 7.48. The van der Waals surface area contributed by atoms with Gasteiger partial charge in [0.2, 0.25) is 5.91 Å². The van der Waals surface area contributed by atoms with E-state index in [4.69, 9.17) is 0 Å². The number of halogens is 1. The van der Waals surface area contributed by atoms with E-state index < -0.39 is 0 Å². The summed E-state index contributed by atoms with van der Waals surface area (Å²) in [5, 5.41) is 15.0. The molecule has 1 fully saturated rings. The van der Waals surface area contributed by atoms with Crippen LogP contribution in [0, 0.1) is 18.7 Å². The molecule has 1 aliphatic rings. The molecule has 1 saturated carbocycles. The Morgan fingerprint density at radius 2 is 2.30 bits per heavy atom. The lowest BCUT2D eigenvalue weighted by Gasteiger charge is -2.03. The van der Waals surface area contributed by atoms with Crippen molar-refractivity contribution in [2.75, 3.05) is 5.32 Å². The standard InChI is InChI=1S/C16H16FN5O/c1-8-13-14(19-20-15(13)22(2)21-8)18-16(23)12-7-11(12)9-4-3-5-10(17)6-9/h3-6,11-12H,7H2,1-2H3,(H2,18,19,20,23)/t11-,12-/m1/s1. The fourth-order valence-electron chi connectivity index (χ4n) is 3.13. The second-order valence-corrected chi connectivity index (χ2v) is 6.00. The number of rotatable bonds is 3. The molecule has 2 heterocycles. The van der Waals surface area contributed by atoms with Crippen molar-refractivity contribution in [3.63, 3.8) is 0 Å². The minimum absolute atomic E-state index is 0.0759. The Morgan fingerprint density at radius 3 is 3.09 bits per heavy atom. The zero-order valence-corrected chi connectivity index (χ0v) is 12.8. The first-order valence-electron chi connectivity index (χ1n) is 7.48. The van der Waals surface area contributed by atoms with Crippen LogP contribution in [-0.4, -0.2) is 25.9 Å². The van der Waals surface area contributed by atoms with E-state index in [1.807, 2.05) is 20.0 Å². The van der Waals surface area contributed by atoms with Gasteiger partial charge in [-0.15, -0.1) is 0 Å². The molecule has 23 heavy (non-hydrogen) atoms. The second-order valence-electron chi connectivity index (χ2n) is 6.00. The summed E-state index contributed by atoms with van der Waals surface area (Å²) in [7, 11) is 1.81. The van der Waals surface area contributed by atoms with Gasteiger partial charge in [-0.05, 0) is 37.0 Å². The van der Waals surface area contributed by atoms with E-state index in [0.717, 1.165) is 23.1 Å². The highest BCUT2D eigenvalue weighted by molar-refractivity contribution is 6.02. The average Bonchev–Trinajstić information content (AvgIpc) is 3.13. The van der Waals surface area contributed by atoms with E-state index in [1.54, 1.807) is 10.7 Å². The van der Waals surface area contributed by atoms with Gasteiger partial charge >= 0.3 is 0 Å². The number of benzene rings is 1. The SMILES string of the molecule is Cc1nn(C)c2n[nH]c(NC(=O)[C@@H]3C[C@@H]3c3cccc(F)c3)c12. The van der Waals surface area contributed by atoms with Crippen molar-refractivity contribution in [1.29, 1.82) is 0 Å². The Morgan fingerprint density at radius 1 is 1.48 bits per heavy atom. The predicted octanol–water partition coefficient (Wildman–Crippen LogP) is 2.49. The number of carbonyl (C=O) groups excluding carboxylic acids is 1. The Kier molecular flexibility index (Phi) is 2.97. The fraction of sp³-hybridized carbons (Fsp3) is 0.312. The van der Waals surface area contributed by atoms with Crippen LogP contribution in [0.2, 0.25) is 0 Å². The van der Waals surface area contributed by atoms with Crippen molar-refractivity contribution >= 4 is 22.8 Å². The molecule has 7 heteroatoms. The third kappa shape index (κ3) is 2.28. The van der Waals surface area contributed by atoms with E-state index in [0.29, 0.717) is 11.5 Å². The molecule has 1 aliphatic carbocycles. The number of nitrogens with zero attached hydrogens (tertiary/aromatic N) is 3. The number of H-pyrrole nitrogens is 1. The number of hydrogen-bond donors (Lipinski definition) is 2. The molecular weight excluding hydrogens is 297 g/mol. The summed E-state index contributed by atoms with van der Waals surface area (Å²) in [6.07, 6.45) is 0.735. The second kappa shape index (κ2) is 4.91. The van der Waals surface area contributed by atoms with Crippen LogP contribution in [0.3, 0.4) is 0 Å². The van der Waals surface area contributed by atoms with Crippen molar-refractivity contribution in [3.05, 3.63) is 41.3 Å². The van der Waals surface area contributed by atoms with Crippen molar-refractivity contribution in [2.45, 2.75) is 19.3 Å². The highest BCUT2D eigenvalue weighted by atomic mass is 19.1. The molecule has 2 aromatic heterocycles. The van der Waals surface area contributed by atoms with Crippen LogP contribution in [0.15, 0.2) is 24.3 Å². The van der Waals surface area contributed by atoms with E-state index in [1.165, 1.54) is 12.1 Å². The predicted molar refractivity (Wildman–Crippen MR) is 83.5 cm³/mol. The largest absolute Gasteiger partial charge is 0.310 e. The average molecular weight is 313 g/mol. The number of fused-ring (bicyclic) bond motifs is 1. The third-order valence-corrected chi connectivity index (χ3v) is 4.37. The summed E-state index contributed by atoms with van der Waals surface area (Å²) >= 11 is 0. The van der Waals surface area contributed by atoms with Crippen LogP contribution >= 0.6 is 0 Å². The first-order chi connectivity index (χ1) is 11.0. The van der Waals surface area contributed by atoms with E-state index in [-0.39, 0.29) is 23.6 Å². The zero-order chi connectivity index (χ0) is 16.1. The number of aryl methyl sites for hydroxylation is 2. The third-order valence-electron chi connectivity index (χ3n) is 4.37. The Bertz CT molecular complexity index is 912. The number of aromatic amines is 1. The molecule has 0 radical (unpaired) electrons. The molecule has 2 atom stereocenters. The number of amides is 1. The highest BCUT2D eigenvalue weighted by Gasteiger charge is 2.44. The molecule has 2 N–H and O–H groups in total. The molecule has 118 valence electrons. The molecule has 1 amide bonds. The van der Waals surface area contributed by atoms with Gasteiger partial charge in [0.05, 0.1) is 11.1 Å². The summed E-state index contributed by atoms with van der Waals surface area (Å²) in [5.74, 6) is 0.176. The fourth-order valence-corrected chi connectivity index (χ4v) is 3.13. The molecule has 0 unspecified atom stereocenters. The quantitative estimate of drug-likeness (QED) is 0.780. The van der Waals surface area contributed by atoms with Gasteiger partial charge in [0.15, 0.2) is 5.65 Å². The number of aromatic nitrogens is 4. The van der Waals surface area contributed by atoms with Gasteiger partial charge in [0.1, 0.15) is 11.6 Å². The minimum Gasteiger partial charge on any atom is -0.310 e. The van der Waals surface area contributed by atoms with Crippen LogP contribution in [-0.2, 0) is 11.8 Å². The number of nitrogens with one attached hydrogen (secondary N) is 2. The van der Waals surface area contributed by atoms with Gasteiger partial charge in [-0.25, -0.2) is 9.07 Å². The van der Waals surface area contributed by atoms with E-state index >= 15 is 0 Å². The lowest BCUT2D eigenvalue weighted by molar-refractivity contribution is -0.117. The minimum atomic E-state index is -0.269. The Labute approximate surface area is 131 Å². The van der Waals surface area contributed by atoms with Crippen molar-refractivity contribution < 1.29 is 9.18 Å². The van der Waals surface area contributed by atoms with E-state index in [9.17, 15) is 9.18 Å². The molecule has 4 rings (SSSR count). The first kappa shape index (κ1) is 13.9. The summed E-state index contributed by atoms with van der Waals surface area (Å²) in [6.45, 7) is 1.88. The summed E-state index contributed by atoms with van der Waals surface area (Å²) in [5.41, 5.74) is 2.39.